The van der Waals surface area contributed by atoms with E-state index in [0.29, 0.717) is 12.8 Å². The first-order chi connectivity index (χ1) is 13.8. The fourth-order valence-electron chi connectivity index (χ4n) is 3.09. The van der Waals surface area contributed by atoms with Gasteiger partial charge in [-0.15, -0.1) is 0 Å². The van der Waals surface area contributed by atoms with Gasteiger partial charge in [-0.25, -0.2) is 9.69 Å². The number of carbonyl (C=O) groups is 2. The van der Waals surface area contributed by atoms with Crippen LogP contribution in [0, 0.1) is 5.89 Å². The van der Waals surface area contributed by atoms with E-state index in [2.05, 4.69) is 0 Å². The standard InChI is InChI=1S/C18H20N2O3/c1-19(2)9-14-13-8-11-4-3-5-12(10-6-7-10)15(11)16(13)20(17(14)21)18(22)23/h3-5,9-10,13,16H,6-8H2,1-2H3,(H,22,23)/b14-9+/i3D,4D,5D,8D,9D,13D,16D. The van der Waals surface area contributed by atoms with E-state index in [1.54, 1.807) is 0 Å². The Bertz CT molecular complexity index is 1050. The number of hydrogen-bond donors (Lipinski definition) is 1. The SMILES string of the molecule is [2H]/C(=C1\C(=O)N(C(=O)O)C2([2H])c3c(C4CC4)c([2H])c([2H])c([2H])c3C([2H])C12[2H])N(C)C. The zero-order valence-electron chi connectivity index (χ0n) is 19.7. The van der Waals surface area contributed by atoms with Crippen molar-refractivity contribution in [2.75, 3.05) is 14.1 Å². The minimum atomic E-state index is -2.63. The Morgan fingerprint density at radius 2 is 2.30 bits per heavy atom. The van der Waals surface area contributed by atoms with Crippen molar-refractivity contribution in [2.45, 2.75) is 31.2 Å². The average Bonchev–Trinajstić information content (AvgIpc) is 3.43. The molecule has 0 spiro atoms. The molecule has 5 nitrogen and oxygen atoms in total. The number of likely N-dealkylation sites (tertiary alicyclic amines) is 1. The van der Waals surface area contributed by atoms with Crippen molar-refractivity contribution in [2.24, 2.45) is 5.89 Å². The average molecular weight is 319 g/mol. The maximum absolute atomic E-state index is 13.1. The monoisotopic (exact) mass is 319 g/mol. The molecule has 3 atom stereocenters. The molecule has 3 aliphatic rings. The van der Waals surface area contributed by atoms with Crippen molar-refractivity contribution in [1.82, 2.24) is 9.80 Å². The lowest BCUT2D eigenvalue weighted by atomic mass is 9.94. The third-order valence-electron chi connectivity index (χ3n) is 4.14. The van der Waals surface area contributed by atoms with Gasteiger partial charge in [0.15, 0.2) is 0 Å². The van der Waals surface area contributed by atoms with Crippen LogP contribution in [-0.4, -0.2) is 41.0 Å². The van der Waals surface area contributed by atoms with Gasteiger partial charge in [-0.05, 0) is 41.8 Å². The summed E-state index contributed by atoms with van der Waals surface area (Å²) in [5.41, 5.74) is -0.793. The maximum Gasteiger partial charge on any atom is 0.414 e. The highest BCUT2D eigenvalue weighted by molar-refractivity contribution is 6.05. The molecule has 1 saturated heterocycles. The van der Waals surface area contributed by atoms with E-state index < -0.39 is 54.1 Å². The van der Waals surface area contributed by atoms with Gasteiger partial charge in [0, 0.05) is 34.5 Å². The first-order valence-electron chi connectivity index (χ1n) is 10.9. The van der Waals surface area contributed by atoms with Gasteiger partial charge in [0.05, 0.1) is 12.9 Å². The fraction of sp³-hybridized carbons (Fsp3) is 0.444. The molecule has 23 heavy (non-hydrogen) atoms. The second-order valence-corrected chi connectivity index (χ2v) is 6.06. The van der Waals surface area contributed by atoms with E-state index in [9.17, 15) is 14.7 Å². The number of carboxylic acid groups (broad SMARTS) is 1. The van der Waals surface area contributed by atoms with Gasteiger partial charge in [0.1, 0.15) is 0 Å². The van der Waals surface area contributed by atoms with Crippen LogP contribution in [0.25, 0.3) is 0 Å². The lowest BCUT2D eigenvalue weighted by Gasteiger charge is -2.22. The van der Waals surface area contributed by atoms with E-state index in [4.69, 9.17) is 9.60 Å². The lowest BCUT2D eigenvalue weighted by molar-refractivity contribution is -0.124. The maximum atomic E-state index is 13.1. The van der Waals surface area contributed by atoms with Crippen molar-refractivity contribution in [3.63, 3.8) is 0 Å². The van der Waals surface area contributed by atoms with Gasteiger partial charge in [-0.1, -0.05) is 18.1 Å². The van der Waals surface area contributed by atoms with Crippen LogP contribution in [0.4, 0.5) is 4.79 Å². The summed E-state index contributed by atoms with van der Waals surface area (Å²) in [4.78, 5) is 26.6. The molecule has 2 amide bonds. The van der Waals surface area contributed by atoms with Crippen molar-refractivity contribution >= 4 is 12.0 Å². The van der Waals surface area contributed by atoms with Crippen LogP contribution in [0.2, 0.25) is 0 Å². The lowest BCUT2D eigenvalue weighted by Crippen LogP contribution is -2.33. The molecule has 5 heteroatoms. The molecular weight excluding hydrogens is 292 g/mol. The number of nitrogens with zero attached hydrogens (tertiary/aromatic N) is 2. The molecule has 2 aliphatic carbocycles. The highest BCUT2D eigenvalue weighted by Crippen LogP contribution is 2.54. The molecule has 1 aromatic rings. The van der Waals surface area contributed by atoms with Gasteiger partial charge in [-0.3, -0.25) is 4.79 Å². The Morgan fingerprint density at radius 3 is 2.91 bits per heavy atom. The molecule has 1 saturated carbocycles. The number of amides is 2. The molecular formula is C18H20N2O3. The second-order valence-electron chi connectivity index (χ2n) is 6.06. The Hall–Kier alpha value is -2.30. The smallest absolute Gasteiger partial charge is 0.414 e. The third-order valence-corrected chi connectivity index (χ3v) is 4.14. The first kappa shape index (κ1) is 8.52. The van der Waals surface area contributed by atoms with Crippen molar-refractivity contribution in [3.8, 4) is 0 Å². The Morgan fingerprint density at radius 1 is 1.57 bits per heavy atom. The summed E-state index contributed by atoms with van der Waals surface area (Å²) in [5, 5.41) is 9.81. The number of imide groups is 1. The van der Waals surface area contributed by atoms with Crippen molar-refractivity contribution in [3.05, 3.63) is 46.6 Å². The summed E-state index contributed by atoms with van der Waals surface area (Å²) in [7, 11) is 2.86. The molecule has 120 valence electrons. The fourth-order valence-corrected chi connectivity index (χ4v) is 3.09. The second kappa shape index (κ2) is 4.85. The predicted molar refractivity (Wildman–Crippen MR) is 85.0 cm³/mol. The third kappa shape index (κ3) is 2.06. The highest BCUT2D eigenvalue weighted by Gasteiger charge is 2.53. The number of carbonyl (C=O) groups excluding carboxylic acids is 1. The van der Waals surface area contributed by atoms with Crippen LogP contribution in [0.3, 0.4) is 0 Å². The molecule has 2 fully saturated rings. The Labute approximate surface area is 145 Å². The van der Waals surface area contributed by atoms with Crippen LogP contribution >= 0.6 is 0 Å². The predicted octanol–water partition coefficient (Wildman–Crippen LogP) is 2.74. The number of hydrogen-bond acceptors (Lipinski definition) is 3. The summed E-state index contributed by atoms with van der Waals surface area (Å²) in [5.74, 6) is -3.99. The van der Waals surface area contributed by atoms with Gasteiger partial charge in [-0.2, -0.15) is 0 Å². The van der Waals surface area contributed by atoms with Crippen LogP contribution < -0.4 is 0 Å². The van der Waals surface area contributed by atoms with Gasteiger partial charge in [0.25, 0.3) is 5.91 Å². The van der Waals surface area contributed by atoms with Crippen LogP contribution in [0.15, 0.2) is 29.9 Å². The number of rotatable bonds is 2. The molecule has 0 bridgehead atoms. The summed E-state index contributed by atoms with van der Waals surface area (Å²) in [6.45, 7) is 0. The van der Waals surface area contributed by atoms with Crippen molar-refractivity contribution < 1.29 is 24.3 Å². The van der Waals surface area contributed by atoms with E-state index in [1.165, 1.54) is 19.0 Å². The highest BCUT2D eigenvalue weighted by atomic mass is 16.4. The first-order valence-corrected chi connectivity index (χ1v) is 7.35. The van der Waals surface area contributed by atoms with Crippen LogP contribution in [-0.2, 0) is 11.2 Å². The van der Waals surface area contributed by atoms with Gasteiger partial charge < -0.3 is 10.0 Å². The van der Waals surface area contributed by atoms with Crippen molar-refractivity contribution in [1.29, 1.82) is 0 Å². The molecule has 3 unspecified atom stereocenters. The molecule has 1 heterocycles. The summed E-state index contributed by atoms with van der Waals surface area (Å²) < 4.78 is 60.1. The van der Waals surface area contributed by atoms with Gasteiger partial charge >= 0.3 is 6.09 Å². The largest absolute Gasteiger partial charge is 0.465 e. The number of benzene rings is 1. The zero-order chi connectivity index (χ0) is 22.5. The minimum absolute atomic E-state index is 0.162. The normalized spacial score (nSPS) is 41.7. The summed E-state index contributed by atoms with van der Waals surface area (Å²) >= 11 is 0. The van der Waals surface area contributed by atoms with E-state index in [-0.39, 0.29) is 33.6 Å². The molecule has 1 aliphatic heterocycles. The number of fused-ring (bicyclic) bond motifs is 3. The van der Waals surface area contributed by atoms with Crippen LogP contribution in [0.5, 0.6) is 0 Å². The summed E-state index contributed by atoms with van der Waals surface area (Å²) in [6, 6.07) is -3.93. The molecule has 1 N–H and O–H groups in total. The van der Waals surface area contributed by atoms with Crippen LogP contribution in [0.1, 0.15) is 51.1 Å². The van der Waals surface area contributed by atoms with E-state index >= 15 is 0 Å². The minimum Gasteiger partial charge on any atom is -0.465 e. The Balaban J connectivity index is 2.20. The quantitative estimate of drug-likeness (QED) is 0.852. The van der Waals surface area contributed by atoms with Gasteiger partial charge in [0.2, 0.25) is 0 Å². The Kier molecular flexibility index (Phi) is 1.80. The topological polar surface area (TPSA) is 60.9 Å². The molecule has 1 aromatic carbocycles. The summed E-state index contributed by atoms with van der Waals surface area (Å²) in [6.07, 6.45) is -2.78. The molecule has 0 radical (unpaired) electrons. The zero-order valence-corrected chi connectivity index (χ0v) is 12.7. The van der Waals surface area contributed by atoms with E-state index in [1.807, 2.05) is 0 Å². The molecule has 0 aromatic heterocycles. The van der Waals surface area contributed by atoms with E-state index in [0.717, 1.165) is 0 Å². The molecule has 4 rings (SSSR count).